The summed E-state index contributed by atoms with van der Waals surface area (Å²) in [5.41, 5.74) is 1.21. The number of amides is 4. The van der Waals surface area contributed by atoms with Crippen molar-refractivity contribution in [3.05, 3.63) is 64.8 Å². The van der Waals surface area contributed by atoms with Gasteiger partial charge in [0.15, 0.2) is 11.5 Å². The number of urea groups is 1. The Morgan fingerprint density at radius 2 is 1.45 bits per heavy atom. The van der Waals surface area contributed by atoms with Crippen molar-refractivity contribution in [2.45, 2.75) is 12.8 Å². The van der Waals surface area contributed by atoms with Gasteiger partial charge in [0.1, 0.15) is 11.6 Å². The molecule has 40 heavy (non-hydrogen) atoms. The number of ether oxygens (including phenoxy) is 4. The first kappa shape index (κ1) is 26.5. The molecule has 3 aromatic rings. The molecular weight excluding hydrogens is 522 g/mol. The number of aryl methyl sites for hydroxylation is 1. The summed E-state index contributed by atoms with van der Waals surface area (Å²) in [5, 5.41) is 0. The van der Waals surface area contributed by atoms with Gasteiger partial charge in [0, 0.05) is 25.7 Å². The van der Waals surface area contributed by atoms with E-state index in [-0.39, 0.29) is 29.3 Å². The first-order chi connectivity index (χ1) is 19.1. The minimum absolute atomic E-state index is 0.00439. The van der Waals surface area contributed by atoms with E-state index in [0.717, 1.165) is 29.6 Å². The van der Waals surface area contributed by atoms with Crippen LogP contribution in [0.2, 0.25) is 0 Å². The zero-order chi connectivity index (χ0) is 28.9. The molecule has 1 fully saturated rings. The third kappa shape index (κ3) is 3.96. The number of fused-ring (bicyclic) bond motifs is 1. The van der Waals surface area contributed by atoms with Crippen LogP contribution in [0.25, 0.3) is 16.9 Å². The molecule has 2 aliphatic rings. The van der Waals surface area contributed by atoms with Crippen LogP contribution in [0.5, 0.6) is 11.5 Å². The summed E-state index contributed by atoms with van der Waals surface area (Å²) in [6.45, 7) is 1.88. The Bertz CT molecular complexity index is 1570. The van der Waals surface area contributed by atoms with Gasteiger partial charge >= 0.3 is 18.0 Å². The van der Waals surface area contributed by atoms with Crippen LogP contribution in [0, 0.1) is 6.92 Å². The van der Waals surface area contributed by atoms with Crippen LogP contribution in [0.15, 0.2) is 42.5 Å². The molecule has 12 heteroatoms. The third-order valence-corrected chi connectivity index (χ3v) is 6.93. The molecule has 0 saturated carbocycles. The fraction of sp³-hybridized carbons (Fsp3) is 0.250. The van der Waals surface area contributed by atoms with Gasteiger partial charge < -0.3 is 23.5 Å². The fourth-order valence-corrected chi connectivity index (χ4v) is 4.90. The van der Waals surface area contributed by atoms with Crippen molar-refractivity contribution in [3.63, 3.8) is 0 Å². The Labute approximate surface area is 228 Å². The lowest BCUT2D eigenvalue weighted by Crippen LogP contribution is -2.56. The van der Waals surface area contributed by atoms with E-state index in [2.05, 4.69) is 0 Å². The van der Waals surface area contributed by atoms with Gasteiger partial charge in [-0.25, -0.2) is 14.4 Å². The maximum Gasteiger partial charge on any atom is 0.355 e. The highest BCUT2D eigenvalue weighted by Crippen LogP contribution is 2.44. The molecule has 0 radical (unpaired) electrons. The highest BCUT2D eigenvalue weighted by molar-refractivity contribution is 6.21. The number of rotatable bonds is 5. The Balaban J connectivity index is 1.96. The predicted octanol–water partition coefficient (Wildman–Crippen LogP) is 2.89. The lowest BCUT2D eigenvalue weighted by Gasteiger charge is -2.33. The van der Waals surface area contributed by atoms with Gasteiger partial charge in [-0.05, 0) is 24.6 Å². The van der Waals surface area contributed by atoms with E-state index >= 15 is 0 Å². The van der Waals surface area contributed by atoms with Gasteiger partial charge in [-0.2, -0.15) is 0 Å². The summed E-state index contributed by atoms with van der Waals surface area (Å²) in [5.74, 6) is -4.45. The average Bonchev–Trinajstić information content (AvgIpc) is 3.57. The molecule has 0 atom stereocenters. The van der Waals surface area contributed by atoms with E-state index in [4.69, 9.17) is 18.9 Å². The number of methoxy groups -OCH3 is 2. The SMILES string of the molecule is COC(=O)c1c(C2C(=O)N(C)C(=O)N(C)C2=O)c(-c2ccc(C)cc2)n(-c2ccc3c(c2)OCO3)c1C(=O)OC. The van der Waals surface area contributed by atoms with Gasteiger partial charge in [0.05, 0.1) is 31.2 Å². The monoisotopic (exact) mass is 547 g/mol. The minimum Gasteiger partial charge on any atom is -0.465 e. The highest BCUT2D eigenvalue weighted by atomic mass is 16.7. The van der Waals surface area contributed by atoms with E-state index in [1.54, 1.807) is 42.5 Å². The number of imide groups is 2. The van der Waals surface area contributed by atoms with Crippen molar-refractivity contribution >= 4 is 29.8 Å². The molecule has 0 bridgehead atoms. The molecule has 0 N–H and O–H groups in total. The van der Waals surface area contributed by atoms with E-state index < -0.39 is 35.7 Å². The number of nitrogens with zero attached hydrogens (tertiary/aromatic N) is 3. The van der Waals surface area contributed by atoms with E-state index in [1.165, 1.54) is 18.7 Å². The van der Waals surface area contributed by atoms with Crippen molar-refractivity contribution in [1.29, 1.82) is 0 Å². The van der Waals surface area contributed by atoms with Gasteiger partial charge in [0.2, 0.25) is 18.6 Å². The average molecular weight is 548 g/mol. The normalized spacial score (nSPS) is 15.1. The Morgan fingerprint density at radius 3 is 2.05 bits per heavy atom. The summed E-state index contributed by atoms with van der Waals surface area (Å²) < 4.78 is 22.5. The molecule has 1 aromatic heterocycles. The molecule has 4 amide bonds. The van der Waals surface area contributed by atoms with Gasteiger partial charge in [0.25, 0.3) is 0 Å². The molecule has 1 saturated heterocycles. The smallest absolute Gasteiger partial charge is 0.355 e. The molecule has 3 heterocycles. The van der Waals surface area contributed by atoms with Crippen LogP contribution < -0.4 is 9.47 Å². The van der Waals surface area contributed by atoms with Crippen LogP contribution in [0.4, 0.5) is 4.79 Å². The van der Waals surface area contributed by atoms with Crippen LogP contribution in [-0.4, -0.2) is 79.3 Å². The number of hydrogen-bond acceptors (Lipinski definition) is 9. The second-order valence-corrected chi connectivity index (χ2v) is 9.22. The highest BCUT2D eigenvalue weighted by Gasteiger charge is 2.49. The number of esters is 2. The van der Waals surface area contributed by atoms with Crippen molar-refractivity contribution in [1.82, 2.24) is 14.4 Å². The molecular formula is C28H25N3O9. The number of barbiturate groups is 1. The molecule has 2 aliphatic heterocycles. The predicted molar refractivity (Wildman–Crippen MR) is 138 cm³/mol. The number of hydrogen-bond donors (Lipinski definition) is 0. The van der Waals surface area contributed by atoms with Gasteiger partial charge in [-0.1, -0.05) is 29.8 Å². The zero-order valence-corrected chi connectivity index (χ0v) is 22.3. The van der Waals surface area contributed by atoms with Gasteiger partial charge in [-0.3, -0.25) is 19.4 Å². The van der Waals surface area contributed by atoms with Crippen LogP contribution in [0.3, 0.4) is 0 Å². The molecule has 0 aliphatic carbocycles. The molecule has 12 nitrogen and oxygen atoms in total. The Kier molecular flexibility index (Phi) is 6.54. The summed E-state index contributed by atoms with van der Waals surface area (Å²) in [7, 11) is 4.73. The number of carbonyl (C=O) groups is 5. The van der Waals surface area contributed by atoms with Crippen molar-refractivity contribution < 1.29 is 42.9 Å². The first-order valence-electron chi connectivity index (χ1n) is 12.1. The van der Waals surface area contributed by atoms with Crippen molar-refractivity contribution in [2.75, 3.05) is 35.1 Å². The Hall–Kier alpha value is -5.13. The summed E-state index contributed by atoms with van der Waals surface area (Å²) in [4.78, 5) is 68.2. The van der Waals surface area contributed by atoms with Gasteiger partial charge in [-0.15, -0.1) is 0 Å². The van der Waals surface area contributed by atoms with Crippen molar-refractivity contribution in [3.8, 4) is 28.4 Å². The summed E-state index contributed by atoms with van der Waals surface area (Å²) in [6, 6.07) is 11.1. The second-order valence-electron chi connectivity index (χ2n) is 9.22. The lowest BCUT2D eigenvalue weighted by molar-refractivity contribution is -0.143. The van der Waals surface area contributed by atoms with Crippen LogP contribution in [0.1, 0.15) is 37.9 Å². The molecule has 0 spiro atoms. The lowest BCUT2D eigenvalue weighted by atomic mass is 9.88. The maximum atomic E-state index is 13.6. The molecule has 206 valence electrons. The number of aromatic nitrogens is 1. The minimum atomic E-state index is -1.66. The summed E-state index contributed by atoms with van der Waals surface area (Å²) >= 11 is 0. The molecule has 2 aromatic carbocycles. The number of likely N-dealkylation sites (N-methyl/N-ethyl adjacent to an activating group) is 2. The van der Waals surface area contributed by atoms with E-state index in [9.17, 15) is 24.0 Å². The fourth-order valence-electron chi connectivity index (χ4n) is 4.90. The van der Waals surface area contributed by atoms with Crippen LogP contribution >= 0.6 is 0 Å². The Morgan fingerprint density at radius 1 is 0.850 bits per heavy atom. The zero-order valence-electron chi connectivity index (χ0n) is 22.3. The van der Waals surface area contributed by atoms with Crippen LogP contribution in [-0.2, 0) is 19.1 Å². The quantitative estimate of drug-likeness (QED) is 0.349. The van der Waals surface area contributed by atoms with E-state index in [0.29, 0.717) is 22.7 Å². The largest absolute Gasteiger partial charge is 0.465 e. The maximum absolute atomic E-state index is 13.6. The standard InChI is InChI=1S/C28H25N3O9/c1-14-6-8-15(9-7-14)22-19(21-24(32)29(2)28(36)30(3)25(21)33)20(26(34)37-4)23(27(35)38-5)31(22)16-10-11-17-18(12-16)40-13-39-17/h6-12,21H,13H2,1-5H3. The van der Waals surface area contributed by atoms with E-state index in [1.807, 2.05) is 6.92 Å². The topological polar surface area (TPSA) is 134 Å². The molecule has 5 rings (SSSR count). The second kappa shape index (κ2) is 9.88. The first-order valence-corrected chi connectivity index (χ1v) is 12.1. The summed E-state index contributed by atoms with van der Waals surface area (Å²) in [6.07, 6.45) is 0. The molecule has 0 unspecified atom stereocenters. The third-order valence-electron chi connectivity index (χ3n) is 6.93. The number of benzene rings is 2. The number of carbonyl (C=O) groups excluding carboxylic acids is 5. The van der Waals surface area contributed by atoms with Crippen molar-refractivity contribution in [2.24, 2.45) is 0 Å².